The molecule has 2 heteroatoms. The summed E-state index contributed by atoms with van der Waals surface area (Å²) in [4.78, 5) is 0. The van der Waals surface area contributed by atoms with E-state index in [1.807, 2.05) is 6.07 Å². The van der Waals surface area contributed by atoms with Crippen molar-refractivity contribution in [2.24, 2.45) is 0 Å². The lowest BCUT2D eigenvalue weighted by atomic mass is 9.67. The Morgan fingerprint density at radius 3 is 1.78 bits per heavy atom. The van der Waals surface area contributed by atoms with Crippen LogP contribution in [0.15, 0.2) is 174 Å². The van der Waals surface area contributed by atoms with Crippen molar-refractivity contribution < 1.29 is 4.42 Å². The van der Waals surface area contributed by atoms with Gasteiger partial charge in [-0.05, 0) is 74.8 Å². The molecule has 0 saturated heterocycles. The van der Waals surface area contributed by atoms with Crippen molar-refractivity contribution in [3.05, 3.63) is 192 Å². The maximum Gasteiger partial charge on any atom is 0.137 e. The average molecular weight is 576 g/mol. The third-order valence-electron chi connectivity index (χ3n) is 9.35. The van der Waals surface area contributed by atoms with Crippen LogP contribution in [-0.4, -0.2) is 0 Å². The number of rotatable bonds is 5. The number of nitrogens with one attached hydrogen (secondary N) is 1. The minimum absolute atomic E-state index is 0.477. The highest BCUT2D eigenvalue weighted by Crippen LogP contribution is 2.57. The Bertz CT molecular complexity index is 2300. The summed E-state index contributed by atoms with van der Waals surface area (Å²) >= 11 is 0. The number of para-hydroxylation sites is 1. The molecule has 0 saturated carbocycles. The Balaban J connectivity index is 1.20. The van der Waals surface area contributed by atoms with Crippen LogP contribution in [0.25, 0.3) is 44.2 Å². The summed E-state index contributed by atoms with van der Waals surface area (Å²) in [5.41, 5.74) is 13.3. The van der Waals surface area contributed by atoms with Crippen molar-refractivity contribution in [1.82, 2.24) is 0 Å². The maximum atomic E-state index is 6.39. The molecular weight excluding hydrogens is 546 g/mol. The third-order valence-corrected chi connectivity index (χ3v) is 9.35. The largest absolute Gasteiger partial charge is 0.456 e. The molecule has 0 aliphatic heterocycles. The first kappa shape index (κ1) is 25.6. The quantitative estimate of drug-likeness (QED) is 0.221. The van der Waals surface area contributed by atoms with Gasteiger partial charge < -0.3 is 9.73 Å². The van der Waals surface area contributed by atoms with Gasteiger partial charge in [0, 0.05) is 28.2 Å². The van der Waals surface area contributed by atoms with Gasteiger partial charge in [-0.2, -0.15) is 0 Å². The summed E-state index contributed by atoms with van der Waals surface area (Å²) in [5, 5.41) is 6.06. The molecule has 1 heterocycles. The lowest BCUT2D eigenvalue weighted by molar-refractivity contribution is 0.669. The SMILES string of the molecule is c1ccc(-c2ccc3oc4cc(Nc5ccccc5C5(c6ccccc6)c6ccccc6-c6ccccc65)ccc4c3c2)cc1. The summed E-state index contributed by atoms with van der Waals surface area (Å²) < 4.78 is 6.39. The van der Waals surface area contributed by atoms with E-state index >= 15 is 0 Å². The monoisotopic (exact) mass is 575 g/mol. The molecule has 0 unspecified atom stereocenters. The Hall–Kier alpha value is -5.86. The summed E-state index contributed by atoms with van der Waals surface area (Å²) in [6, 6.07) is 60.8. The molecule has 1 aliphatic carbocycles. The molecule has 9 rings (SSSR count). The van der Waals surface area contributed by atoms with E-state index < -0.39 is 5.41 Å². The normalized spacial score (nSPS) is 13.1. The second kappa shape index (κ2) is 10.1. The van der Waals surface area contributed by atoms with E-state index in [0.29, 0.717) is 0 Å². The summed E-state index contributed by atoms with van der Waals surface area (Å²) in [7, 11) is 0. The van der Waals surface area contributed by atoms with E-state index in [2.05, 4.69) is 169 Å². The highest BCUT2D eigenvalue weighted by atomic mass is 16.3. The van der Waals surface area contributed by atoms with Crippen molar-refractivity contribution in [1.29, 1.82) is 0 Å². The number of benzene rings is 7. The van der Waals surface area contributed by atoms with E-state index in [1.165, 1.54) is 44.5 Å². The van der Waals surface area contributed by atoms with Gasteiger partial charge in [0.05, 0.1) is 5.41 Å². The van der Waals surface area contributed by atoms with E-state index in [9.17, 15) is 0 Å². The van der Waals surface area contributed by atoms with Gasteiger partial charge in [0.1, 0.15) is 11.2 Å². The molecule has 0 fully saturated rings. The van der Waals surface area contributed by atoms with Gasteiger partial charge in [0.15, 0.2) is 0 Å². The number of anilines is 2. The van der Waals surface area contributed by atoms with Crippen molar-refractivity contribution >= 4 is 33.3 Å². The lowest BCUT2D eigenvalue weighted by Crippen LogP contribution is -2.29. The Morgan fingerprint density at radius 1 is 0.422 bits per heavy atom. The molecule has 0 bridgehead atoms. The highest BCUT2D eigenvalue weighted by Gasteiger charge is 2.46. The average Bonchev–Trinajstić information content (AvgIpc) is 3.62. The van der Waals surface area contributed by atoms with Crippen LogP contribution < -0.4 is 5.32 Å². The fourth-order valence-corrected chi connectivity index (χ4v) is 7.42. The number of fused-ring (bicyclic) bond motifs is 6. The highest BCUT2D eigenvalue weighted by molar-refractivity contribution is 6.07. The van der Waals surface area contributed by atoms with Crippen molar-refractivity contribution in [2.45, 2.75) is 5.41 Å². The van der Waals surface area contributed by atoms with Gasteiger partial charge in [-0.1, -0.05) is 133 Å². The smallest absolute Gasteiger partial charge is 0.137 e. The van der Waals surface area contributed by atoms with Gasteiger partial charge in [0.25, 0.3) is 0 Å². The predicted octanol–water partition coefficient (Wildman–Crippen LogP) is 11.4. The predicted molar refractivity (Wildman–Crippen MR) is 186 cm³/mol. The summed E-state index contributed by atoms with van der Waals surface area (Å²) in [6.45, 7) is 0. The lowest BCUT2D eigenvalue weighted by Gasteiger charge is -2.35. The van der Waals surface area contributed by atoms with Crippen molar-refractivity contribution in [3.63, 3.8) is 0 Å². The van der Waals surface area contributed by atoms with E-state index in [1.54, 1.807) is 0 Å². The molecule has 0 spiro atoms. The zero-order valence-electron chi connectivity index (χ0n) is 24.6. The Kier molecular flexibility index (Phi) is 5.76. The van der Waals surface area contributed by atoms with Crippen LogP contribution in [-0.2, 0) is 5.41 Å². The van der Waals surface area contributed by atoms with Crippen LogP contribution in [0.4, 0.5) is 11.4 Å². The molecule has 7 aromatic carbocycles. The molecule has 0 radical (unpaired) electrons. The molecule has 1 aromatic heterocycles. The molecule has 1 N–H and O–H groups in total. The summed E-state index contributed by atoms with van der Waals surface area (Å²) in [6.07, 6.45) is 0. The third kappa shape index (κ3) is 3.89. The molecule has 45 heavy (non-hydrogen) atoms. The standard InChI is InChI=1S/C43H29NO/c1-3-13-29(14-4-1)30-23-26-41-36(27-30)35-25-24-32(28-42(35)45-41)44-40-22-12-11-21-39(40)43(31-15-5-2-6-16-31)37-19-9-7-17-33(37)34-18-8-10-20-38(34)43/h1-28,44H. The topological polar surface area (TPSA) is 25.2 Å². The van der Waals surface area contributed by atoms with Crippen LogP contribution in [0, 0.1) is 0 Å². The molecule has 212 valence electrons. The van der Waals surface area contributed by atoms with Crippen LogP contribution in [0.1, 0.15) is 22.3 Å². The van der Waals surface area contributed by atoms with Gasteiger partial charge in [0.2, 0.25) is 0 Å². The molecule has 0 amide bonds. The van der Waals surface area contributed by atoms with E-state index in [4.69, 9.17) is 4.42 Å². The van der Waals surface area contributed by atoms with Crippen LogP contribution in [0.3, 0.4) is 0 Å². The van der Waals surface area contributed by atoms with E-state index in [-0.39, 0.29) is 0 Å². The molecule has 2 nitrogen and oxygen atoms in total. The molecular formula is C43H29NO. The van der Waals surface area contributed by atoms with Crippen LogP contribution in [0.2, 0.25) is 0 Å². The number of hydrogen-bond acceptors (Lipinski definition) is 2. The van der Waals surface area contributed by atoms with Crippen molar-refractivity contribution in [3.8, 4) is 22.3 Å². The first-order chi connectivity index (χ1) is 22.3. The number of hydrogen-bond donors (Lipinski definition) is 1. The first-order valence-electron chi connectivity index (χ1n) is 15.4. The second-order valence-corrected chi connectivity index (χ2v) is 11.8. The van der Waals surface area contributed by atoms with Crippen molar-refractivity contribution in [2.75, 3.05) is 5.32 Å². The van der Waals surface area contributed by atoms with E-state index in [0.717, 1.165) is 33.3 Å². The Labute approximate surface area is 262 Å². The first-order valence-corrected chi connectivity index (χ1v) is 15.4. The fraction of sp³-hybridized carbons (Fsp3) is 0.0233. The zero-order valence-corrected chi connectivity index (χ0v) is 24.6. The van der Waals surface area contributed by atoms with Gasteiger partial charge >= 0.3 is 0 Å². The number of furan rings is 1. The van der Waals surface area contributed by atoms with Crippen LogP contribution >= 0.6 is 0 Å². The zero-order chi connectivity index (χ0) is 29.8. The van der Waals surface area contributed by atoms with Gasteiger partial charge in [-0.25, -0.2) is 0 Å². The second-order valence-electron chi connectivity index (χ2n) is 11.8. The Morgan fingerprint density at radius 2 is 1.04 bits per heavy atom. The van der Waals surface area contributed by atoms with Gasteiger partial charge in [-0.3, -0.25) is 0 Å². The fourth-order valence-electron chi connectivity index (χ4n) is 7.42. The van der Waals surface area contributed by atoms with Gasteiger partial charge in [-0.15, -0.1) is 0 Å². The summed E-state index contributed by atoms with van der Waals surface area (Å²) in [5.74, 6) is 0. The molecule has 0 atom stereocenters. The minimum atomic E-state index is -0.477. The molecule has 8 aromatic rings. The van der Waals surface area contributed by atoms with Crippen LogP contribution in [0.5, 0.6) is 0 Å². The molecule has 1 aliphatic rings. The maximum absolute atomic E-state index is 6.39. The minimum Gasteiger partial charge on any atom is -0.456 e.